The van der Waals surface area contributed by atoms with Gasteiger partial charge in [-0.3, -0.25) is 4.79 Å². The highest BCUT2D eigenvalue weighted by Gasteiger charge is 2.24. The van der Waals surface area contributed by atoms with Gasteiger partial charge in [0.1, 0.15) is 6.04 Å². The summed E-state index contributed by atoms with van der Waals surface area (Å²) in [6, 6.07) is 8.55. The molecular formula is C19H29NO3. The van der Waals surface area contributed by atoms with E-state index >= 15 is 0 Å². The fourth-order valence-corrected chi connectivity index (χ4v) is 2.65. The van der Waals surface area contributed by atoms with Crippen LogP contribution in [0.3, 0.4) is 0 Å². The molecule has 0 aliphatic rings. The molecule has 0 saturated heterocycles. The van der Waals surface area contributed by atoms with E-state index in [4.69, 9.17) is 0 Å². The second-order valence-electron chi connectivity index (χ2n) is 6.07. The SMILES string of the molecule is CCCCC(CCCC)C(=O)N[C@@H](Cc1ccccc1)C(=O)O. The average molecular weight is 319 g/mol. The molecule has 128 valence electrons. The first-order valence-corrected chi connectivity index (χ1v) is 8.65. The summed E-state index contributed by atoms with van der Waals surface area (Å²) >= 11 is 0. The first kappa shape index (κ1) is 19.2. The molecule has 1 atom stereocenters. The summed E-state index contributed by atoms with van der Waals surface area (Å²) < 4.78 is 0. The standard InChI is InChI=1S/C19H29NO3/c1-3-5-12-16(13-6-4-2)18(21)20-17(19(22)23)14-15-10-8-7-9-11-15/h7-11,16-17H,3-6,12-14H2,1-2H3,(H,20,21)(H,22,23)/t17-/m0/s1. The minimum Gasteiger partial charge on any atom is -0.480 e. The third-order valence-corrected chi connectivity index (χ3v) is 4.08. The smallest absolute Gasteiger partial charge is 0.326 e. The lowest BCUT2D eigenvalue weighted by molar-refractivity contribution is -0.142. The van der Waals surface area contributed by atoms with Crippen molar-refractivity contribution in [1.29, 1.82) is 0 Å². The molecule has 0 bridgehead atoms. The van der Waals surface area contributed by atoms with Crippen molar-refractivity contribution in [2.45, 2.75) is 64.8 Å². The summed E-state index contributed by atoms with van der Waals surface area (Å²) in [6.07, 6.45) is 6.07. The third kappa shape index (κ3) is 7.31. The molecule has 0 unspecified atom stereocenters. The van der Waals surface area contributed by atoms with Crippen molar-refractivity contribution in [2.75, 3.05) is 0 Å². The maximum Gasteiger partial charge on any atom is 0.326 e. The number of benzene rings is 1. The maximum absolute atomic E-state index is 12.5. The van der Waals surface area contributed by atoms with Crippen molar-refractivity contribution >= 4 is 11.9 Å². The Kier molecular flexibility index (Phi) is 9.03. The van der Waals surface area contributed by atoms with Gasteiger partial charge in [-0.1, -0.05) is 69.9 Å². The zero-order chi connectivity index (χ0) is 17.1. The van der Waals surface area contributed by atoms with E-state index in [0.717, 1.165) is 44.1 Å². The van der Waals surface area contributed by atoms with Gasteiger partial charge in [0.25, 0.3) is 0 Å². The van der Waals surface area contributed by atoms with Crippen molar-refractivity contribution in [2.24, 2.45) is 5.92 Å². The Balaban J connectivity index is 2.68. The molecule has 1 aromatic carbocycles. The van der Waals surface area contributed by atoms with Gasteiger partial charge in [0.2, 0.25) is 5.91 Å². The topological polar surface area (TPSA) is 66.4 Å². The molecule has 0 saturated carbocycles. The van der Waals surface area contributed by atoms with Crippen LogP contribution in [-0.4, -0.2) is 23.0 Å². The Morgan fingerprint density at radius 3 is 2.09 bits per heavy atom. The molecule has 1 aromatic rings. The summed E-state index contributed by atoms with van der Waals surface area (Å²) in [6.45, 7) is 4.20. The second-order valence-corrected chi connectivity index (χ2v) is 6.07. The molecule has 0 aliphatic heterocycles. The third-order valence-electron chi connectivity index (χ3n) is 4.08. The molecule has 23 heavy (non-hydrogen) atoms. The predicted octanol–water partition coefficient (Wildman–Crippen LogP) is 3.80. The van der Waals surface area contributed by atoms with E-state index in [2.05, 4.69) is 19.2 Å². The maximum atomic E-state index is 12.5. The average Bonchev–Trinajstić information content (AvgIpc) is 2.55. The van der Waals surface area contributed by atoms with E-state index in [1.54, 1.807) is 0 Å². The van der Waals surface area contributed by atoms with Gasteiger partial charge in [0, 0.05) is 12.3 Å². The van der Waals surface area contributed by atoms with E-state index in [9.17, 15) is 14.7 Å². The fraction of sp³-hybridized carbons (Fsp3) is 0.579. The molecule has 2 N–H and O–H groups in total. The molecule has 0 radical (unpaired) electrons. The molecule has 0 fully saturated rings. The zero-order valence-corrected chi connectivity index (χ0v) is 14.3. The Hall–Kier alpha value is -1.84. The van der Waals surface area contributed by atoms with E-state index in [1.807, 2.05) is 30.3 Å². The highest BCUT2D eigenvalue weighted by molar-refractivity contribution is 5.85. The highest BCUT2D eigenvalue weighted by Crippen LogP contribution is 2.17. The van der Waals surface area contributed by atoms with Crippen molar-refractivity contribution < 1.29 is 14.7 Å². The van der Waals surface area contributed by atoms with E-state index in [-0.39, 0.29) is 11.8 Å². The van der Waals surface area contributed by atoms with Crippen LogP contribution in [0.4, 0.5) is 0 Å². The number of carbonyl (C=O) groups excluding carboxylic acids is 1. The van der Waals surface area contributed by atoms with E-state index < -0.39 is 12.0 Å². The number of carbonyl (C=O) groups is 2. The van der Waals surface area contributed by atoms with Crippen LogP contribution in [0.25, 0.3) is 0 Å². The normalized spacial score (nSPS) is 12.1. The zero-order valence-electron chi connectivity index (χ0n) is 14.3. The van der Waals surface area contributed by atoms with Gasteiger partial charge in [-0.25, -0.2) is 4.79 Å². The Morgan fingerprint density at radius 1 is 1.04 bits per heavy atom. The monoisotopic (exact) mass is 319 g/mol. The predicted molar refractivity (Wildman–Crippen MR) is 92.3 cm³/mol. The Morgan fingerprint density at radius 2 is 1.61 bits per heavy atom. The summed E-state index contributed by atoms with van der Waals surface area (Å²) in [5.74, 6) is -1.17. The number of carboxylic acid groups (broad SMARTS) is 1. The van der Waals surface area contributed by atoms with Crippen molar-refractivity contribution in [3.05, 3.63) is 35.9 Å². The van der Waals surface area contributed by atoms with E-state index in [0.29, 0.717) is 6.42 Å². The first-order chi connectivity index (χ1) is 11.1. The van der Waals surface area contributed by atoms with Crippen LogP contribution in [0.2, 0.25) is 0 Å². The number of aliphatic carboxylic acids is 1. The molecule has 1 rings (SSSR count). The van der Waals surface area contributed by atoms with E-state index in [1.165, 1.54) is 0 Å². The molecule has 0 heterocycles. The van der Waals surface area contributed by atoms with Crippen LogP contribution in [0.5, 0.6) is 0 Å². The van der Waals surface area contributed by atoms with Crippen LogP contribution in [0, 0.1) is 5.92 Å². The quantitative estimate of drug-likeness (QED) is 0.652. The van der Waals surface area contributed by atoms with Gasteiger partial charge in [-0.2, -0.15) is 0 Å². The van der Waals surface area contributed by atoms with Crippen LogP contribution in [0.1, 0.15) is 57.9 Å². The Bertz CT molecular complexity index is 465. The summed E-state index contributed by atoms with van der Waals surface area (Å²) in [5.41, 5.74) is 0.916. The number of unbranched alkanes of at least 4 members (excludes halogenated alkanes) is 2. The van der Waals surface area contributed by atoms with Crippen LogP contribution in [0.15, 0.2) is 30.3 Å². The van der Waals surface area contributed by atoms with Gasteiger partial charge in [-0.05, 0) is 18.4 Å². The molecule has 0 aromatic heterocycles. The summed E-state index contributed by atoms with van der Waals surface area (Å²) in [4.78, 5) is 24.0. The van der Waals surface area contributed by atoms with Gasteiger partial charge in [-0.15, -0.1) is 0 Å². The molecule has 4 nitrogen and oxygen atoms in total. The number of rotatable bonds is 11. The number of amides is 1. The number of hydrogen-bond donors (Lipinski definition) is 2. The summed E-state index contributed by atoms with van der Waals surface area (Å²) in [5, 5.41) is 12.1. The molecular weight excluding hydrogens is 290 g/mol. The largest absolute Gasteiger partial charge is 0.480 e. The lowest BCUT2D eigenvalue weighted by Gasteiger charge is -2.20. The Labute approximate surface area is 139 Å². The number of carboxylic acids is 1. The van der Waals surface area contributed by atoms with Crippen LogP contribution in [-0.2, 0) is 16.0 Å². The van der Waals surface area contributed by atoms with Gasteiger partial charge in [0.15, 0.2) is 0 Å². The van der Waals surface area contributed by atoms with Crippen molar-refractivity contribution in [3.8, 4) is 0 Å². The van der Waals surface area contributed by atoms with Crippen molar-refractivity contribution in [3.63, 3.8) is 0 Å². The fourth-order valence-electron chi connectivity index (χ4n) is 2.65. The van der Waals surface area contributed by atoms with Crippen LogP contribution < -0.4 is 5.32 Å². The molecule has 4 heteroatoms. The highest BCUT2D eigenvalue weighted by atomic mass is 16.4. The molecule has 0 spiro atoms. The lowest BCUT2D eigenvalue weighted by Crippen LogP contribution is -2.45. The number of hydrogen-bond acceptors (Lipinski definition) is 2. The molecule has 1 amide bonds. The second kappa shape index (κ2) is 10.8. The van der Waals surface area contributed by atoms with Crippen LogP contribution >= 0.6 is 0 Å². The summed E-state index contributed by atoms with van der Waals surface area (Å²) in [7, 11) is 0. The minimum absolute atomic E-state index is 0.0764. The van der Waals surface area contributed by atoms with Crippen molar-refractivity contribution in [1.82, 2.24) is 5.32 Å². The van der Waals surface area contributed by atoms with Gasteiger partial charge >= 0.3 is 5.97 Å². The minimum atomic E-state index is -0.980. The number of nitrogens with one attached hydrogen (secondary N) is 1. The first-order valence-electron chi connectivity index (χ1n) is 8.65. The lowest BCUT2D eigenvalue weighted by atomic mass is 9.94. The van der Waals surface area contributed by atoms with Gasteiger partial charge < -0.3 is 10.4 Å². The molecule has 0 aliphatic carbocycles. The van der Waals surface area contributed by atoms with Gasteiger partial charge in [0.05, 0.1) is 0 Å².